The second kappa shape index (κ2) is 5.50. The van der Waals surface area contributed by atoms with Gasteiger partial charge in [0.15, 0.2) is 5.78 Å². The van der Waals surface area contributed by atoms with E-state index in [1.165, 1.54) is 0 Å². The van der Waals surface area contributed by atoms with E-state index < -0.39 is 0 Å². The van der Waals surface area contributed by atoms with Gasteiger partial charge in [-0.15, -0.1) is 0 Å². The Labute approximate surface area is 104 Å². The van der Waals surface area contributed by atoms with Crippen molar-refractivity contribution in [1.29, 1.82) is 0 Å². The Morgan fingerprint density at radius 1 is 1.35 bits per heavy atom. The average Bonchev–Trinajstić information content (AvgIpc) is 2.53. The van der Waals surface area contributed by atoms with Crippen LogP contribution in [0.1, 0.15) is 42.5 Å². The maximum atomic E-state index is 12.0. The SMILES string of the molecule is Cc1cc(C(=O)COC(C)C(C)C)c(C)n1C. The number of ketones is 1. The zero-order chi connectivity index (χ0) is 13.2. The molecule has 0 spiro atoms. The lowest BCUT2D eigenvalue weighted by Crippen LogP contribution is -2.20. The van der Waals surface area contributed by atoms with Crippen LogP contribution in [0.4, 0.5) is 0 Å². The van der Waals surface area contributed by atoms with E-state index in [0.29, 0.717) is 5.92 Å². The Kier molecular flexibility index (Phi) is 4.52. The summed E-state index contributed by atoms with van der Waals surface area (Å²) in [6.45, 7) is 10.3. The van der Waals surface area contributed by atoms with Crippen LogP contribution in [0.2, 0.25) is 0 Å². The Bertz CT molecular complexity index is 405. The van der Waals surface area contributed by atoms with Crippen LogP contribution >= 0.6 is 0 Å². The summed E-state index contributed by atoms with van der Waals surface area (Å²) < 4.78 is 7.59. The number of hydrogen-bond acceptors (Lipinski definition) is 2. The van der Waals surface area contributed by atoms with Crippen LogP contribution in [-0.2, 0) is 11.8 Å². The van der Waals surface area contributed by atoms with Crippen LogP contribution in [0.3, 0.4) is 0 Å². The number of Topliss-reactive ketones (excluding diaryl/α,β-unsaturated/α-hetero) is 1. The number of rotatable bonds is 5. The molecule has 1 rings (SSSR count). The van der Waals surface area contributed by atoms with Gasteiger partial charge in [0.05, 0.1) is 6.10 Å². The molecule has 3 heteroatoms. The summed E-state index contributed by atoms with van der Waals surface area (Å²) in [5, 5.41) is 0. The van der Waals surface area contributed by atoms with Crippen molar-refractivity contribution in [3.05, 3.63) is 23.0 Å². The fourth-order valence-corrected chi connectivity index (χ4v) is 1.61. The molecule has 96 valence electrons. The molecule has 0 fully saturated rings. The second-order valence-electron chi connectivity index (χ2n) is 5.03. The summed E-state index contributed by atoms with van der Waals surface area (Å²) >= 11 is 0. The van der Waals surface area contributed by atoms with Gasteiger partial charge < -0.3 is 9.30 Å². The summed E-state index contributed by atoms with van der Waals surface area (Å²) in [4.78, 5) is 12.0. The summed E-state index contributed by atoms with van der Waals surface area (Å²) in [7, 11) is 1.97. The summed E-state index contributed by atoms with van der Waals surface area (Å²) in [6, 6.07) is 1.93. The third kappa shape index (κ3) is 3.19. The molecule has 0 amide bonds. The third-order valence-electron chi connectivity index (χ3n) is 3.49. The fourth-order valence-electron chi connectivity index (χ4n) is 1.61. The van der Waals surface area contributed by atoms with Crippen molar-refractivity contribution in [2.45, 2.75) is 40.7 Å². The molecule has 0 aliphatic rings. The Morgan fingerprint density at radius 3 is 2.35 bits per heavy atom. The lowest BCUT2D eigenvalue weighted by atomic mass is 10.1. The first kappa shape index (κ1) is 14.0. The molecular weight excluding hydrogens is 214 g/mol. The minimum Gasteiger partial charge on any atom is -0.370 e. The van der Waals surface area contributed by atoms with E-state index in [4.69, 9.17) is 4.74 Å². The lowest BCUT2D eigenvalue weighted by molar-refractivity contribution is 0.0336. The number of aryl methyl sites for hydroxylation is 1. The van der Waals surface area contributed by atoms with E-state index in [9.17, 15) is 4.79 Å². The summed E-state index contributed by atoms with van der Waals surface area (Å²) in [5.74, 6) is 0.500. The highest BCUT2D eigenvalue weighted by Gasteiger charge is 2.16. The van der Waals surface area contributed by atoms with Crippen molar-refractivity contribution in [1.82, 2.24) is 4.57 Å². The number of aromatic nitrogens is 1. The van der Waals surface area contributed by atoms with E-state index in [-0.39, 0.29) is 18.5 Å². The van der Waals surface area contributed by atoms with Crippen LogP contribution in [0.5, 0.6) is 0 Å². The van der Waals surface area contributed by atoms with E-state index in [1.54, 1.807) is 0 Å². The van der Waals surface area contributed by atoms with Gasteiger partial charge in [-0.1, -0.05) is 13.8 Å². The highest BCUT2D eigenvalue weighted by atomic mass is 16.5. The van der Waals surface area contributed by atoms with Crippen LogP contribution in [-0.4, -0.2) is 23.1 Å². The van der Waals surface area contributed by atoms with Gasteiger partial charge in [0.25, 0.3) is 0 Å². The molecule has 0 saturated heterocycles. The fraction of sp³-hybridized carbons (Fsp3) is 0.643. The molecule has 0 N–H and O–H groups in total. The van der Waals surface area contributed by atoms with E-state index in [2.05, 4.69) is 13.8 Å². The maximum Gasteiger partial charge on any atom is 0.190 e. The first-order chi connectivity index (χ1) is 7.84. The zero-order valence-electron chi connectivity index (χ0n) is 11.7. The van der Waals surface area contributed by atoms with Crippen molar-refractivity contribution in [3.63, 3.8) is 0 Å². The van der Waals surface area contributed by atoms with Gasteiger partial charge in [-0.2, -0.15) is 0 Å². The molecule has 1 aromatic rings. The second-order valence-corrected chi connectivity index (χ2v) is 5.03. The largest absolute Gasteiger partial charge is 0.370 e. The standard InChI is InChI=1S/C14H23NO2/c1-9(2)12(5)17-8-14(16)13-7-10(3)15(6)11(13)4/h7,9,12H,8H2,1-6H3. The van der Waals surface area contributed by atoms with Crippen molar-refractivity contribution in [3.8, 4) is 0 Å². The maximum absolute atomic E-state index is 12.0. The zero-order valence-corrected chi connectivity index (χ0v) is 11.7. The predicted octanol–water partition coefficient (Wildman–Crippen LogP) is 2.89. The van der Waals surface area contributed by atoms with Crippen molar-refractivity contribution < 1.29 is 9.53 Å². The molecule has 1 aromatic heterocycles. The minimum atomic E-state index is 0.0682. The number of hydrogen-bond donors (Lipinski definition) is 0. The summed E-state index contributed by atoms with van der Waals surface area (Å²) in [6.07, 6.45) is 0.115. The highest BCUT2D eigenvalue weighted by Crippen LogP contribution is 2.15. The van der Waals surface area contributed by atoms with Gasteiger partial charge in [-0.3, -0.25) is 4.79 Å². The van der Waals surface area contributed by atoms with E-state index >= 15 is 0 Å². The van der Waals surface area contributed by atoms with Crippen molar-refractivity contribution in [2.24, 2.45) is 13.0 Å². The highest BCUT2D eigenvalue weighted by molar-refractivity contribution is 5.98. The van der Waals surface area contributed by atoms with Gasteiger partial charge in [0.1, 0.15) is 6.61 Å². The Hall–Kier alpha value is -1.09. The Balaban J connectivity index is 2.68. The smallest absolute Gasteiger partial charge is 0.190 e. The first-order valence-electron chi connectivity index (χ1n) is 6.12. The molecule has 0 bridgehead atoms. The molecule has 0 aliphatic heterocycles. The number of carbonyl (C=O) groups is 1. The van der Waals surface area contributed by atoms with Crippen LogP contribution < -0.4 is 0 Å². The summed E-state index contributed by atoms with van der Waals surface area (Å²) in [5.41, 5.74) is 2.89. The van der Waals surface area contributed by atoms with Gasteiger partial charge in [0, 0.05) is 24.0 Å². The third-order valence-corrected chi connectivity index (χ3v) is 3.49. The molecule has 1 atom stereocenters. The van der Waals surface area contributed by atoms with Crippen LogP contribution in [0, 0.1) is 19.8 Å². The van der Waals surface area contributed by atoms with Gasteiger partial charge in [-0.05, 0) is 32.8 Å². The molecule has 3 nitrogen and oxygen atoms in total. The molecule has 1 unspecified atom stereocenters. The monoisotopic (exact) mass is 237 g/mol. The van der Waals surface area contributed by atoms with E-state index in [0.717, 1.165) is 17.0 Å². The average molecular weight is 237 g/mol. The predicted molar refractivity (Wildman–Crippen MR) is 69.5 cm³/mol. The first-order valence-corrected chi connectivity index (χ1v) is 6.12. The van der Waals surface area contributed by atoms with Crippen molar-refractivity contribution in [2.75, 3.05) is 6.61 Å². The molecule has 0 saturated carbocycles. The topological polar surface area (TPSA) is 31.2 Å². The molecular formula is C14H23NO2. The molecule has 0 aromatic carbocycles. The normalized spacial score (nSPS) is 13.1. The van der Waals surface area contributed by atoms with Gasteiger partial charge in [-0.25, -0.2) is 0 Å². The number of nitrogens with zero attached hydrogens (tertiary/aromatic N) is 1. The minimum absolute atomic E-state index is 0.0682. The molecule has 1 heterocycles. The molecule has 0 radical (unpaired) electrons. The quantitative estimate of drug-likeness (QED) is 0.737. The van der Waals surface area contributed by atoms with Crippen molar-refractivity contribution >= 4 is 5.78 Å². The van der Waals surface area contributed by atoms with Crippen LogP contribution in [0.15, 0.2) is 6.07 Å². The van der Waals surface area contributed by atoms with E-state index in [1.807, 2.05) is 38.5 Å². The van der Waals surface area contributed by atoms with Crippen LogP contribution in [0.25, 0.3) is 0 Å². The Morgan fingerprint density at radius 2 is 1.94 bits per heavy atom. The lowest BCUT2D eigenvalue weighted by Gasteiger charge is -2.15. The number of ether oxygens (including phenoxy) is 1. The molecule has 0 aliphatic carbocycles. The molecule has 17 heavy (non-hydrogen) atoms. The number of carbonyl (C=O) groups excluding carboxylic acids is 1. The van der Waals surface area contributed by atoms with Gasteiger partial charge >= 0.3 is 0 Å². The van der Waals surface area contributed by atoms with Gasteiger partial charge in [0.2, 0.25) is 0 Å².